The summed E-state index contributed by atoms with van der Waals surface area (Å²) in [7, 11) is -3.66. The maximum absolute atomic E-state index is 11.3. The number of hydrogen-bond donors (Lipinski definition) is 3. The van der Waals surface area contributed by atoms with Crippen LogP contribution in [0, 0.1) is 0 Å². The number of nitrogens with one attached hydrogen (secondary N) is 1. The fourth-order valence-electron chi connectivity index (χ4n) is 2.94. The summed E-state index contributed by atoms with van der Waals surface area (Å²) in [6.45, 7) is 2.08. The lowest BCUT2D eigenvalue weighted by atomic mass is 10.1. The molecule has 8 nitrogen and oxygen atoms in total. The number of β-amino-alcohol motifs (C(OH)–C–C–N with tert-alkyl or cyclic N) is 1. The van der Waals surface area contributed by atoms with Crippen molar-refractivity contribution in [3.05, 3.63) is 42.1 Å². The smallest absolute Gasteiger partial charge is 0.238 e. The summed E-state index contributed by atoms with van der Waals surface area (Å²) in [5.74, 6) is 1.34. The lowest BCUT2D eigenvalue weighted by molar-refractivity contribution is 0.154. The maximum Gasteiger partial charge on any atom is 0.238 e. The molecule has 1 aromatic heterocycles. The molecule has 9 heteroatoms. The van der Waals surface area contributed by atoms with E-state index in [0.29, 0.717) is 25.5 Å². The molecule has 0 bridgehead atoms. The van der Waals surface area contributed by atoms with Crippen LogP contribution in [0.1, 0.15) is 18.4 Å². The van der Waals surface area contributed by atoms with Crippen molar-refractivity contribution in [3.63, 3.8) is 0 Å². The van der Waals surface area contributed by atoms with Gasteiger partial charge in [-0.05, 0) is 43.0 Å². The Morgan fingerprint density at radius 3 is 2.73 bits per heavy atom. The Morgan fingerprint density at radius 1 is 1.27 bits per heavy atom. The first kappa shape index (κ1) is 18.6. The average Bonchev–Trinajstić information content (AvgIpc) is 2.62. The van der Waals surface area contributed by atoms with Crippen LogP contribution >= 0.6 is 0 Å². The lowest BCUT2D eigenvalue weighted by Gasteiger charge is -2.31. The largest absolute Gasteiger partial charge is 0.391 e. The predicted molar refractivity (Wildman–Crippen MR) is 99.5 cm³/mol. The highest BCUT2D eigenvalue weighted by Crippen LogP contribution is 2.18. The molecule has 4 N–H and O–H groups in total. The first-order valence-corrected chi connectivity index (χ1v) is 10.1. The summed E-state index contributed by atoms with van der Waals surface area (Å²) in [4.78, 5) is 10.9. The third kappa shape index (κ3) is 4.90. The molecule has 1 atom stereocenters. The summed E-state index contributed by atoms with van der Waals surface area (Å²) in [5, 5.41) is 18.1. The van der Waals surface area contributed by atoms with Crippen molar-refractivity contribution < 1.29 is 13.5 Å². The highest BCUT2D eigenvalue weighted by atomic mass is 32.2. The number of benzene rings is 1. The number of hydrogen-bond acceptors (Lipinski definition) is 7. The molecule has 1 fully saturated rings. The Labute approximate surface area is 153 Å². The molecule has 0 spiro atoms. The number of aliphatic hydroxyl groups excluding tert-OH is 1. The van der Waals surface area contributed by atoms with Crippen LogP contribution in [0.15, 0.2) is 41.4 Å². The predicted octanol–water partition coefficient (Wildman–Crippen LogP) is 0.740. The highest BCUT2D eigenvalue weighted by molar-refractivity contribution is 7.89. The normalized spacial score (nSPS) is 17.9. The number of aliphatic hydroxyl groups is 1. The molecule has 26 heavy (non-hydrogen) atoms. The number of nitrogens with zero attached hydrogens (tertiary/aromatic N) is 3. The van der Waals surface area contributed by atoms with Gasteiger partial charge in [-0.25, -0.2) is 18.5 Å². The summed E-state index contributed by atoms with van der Waals surface area (Å²) in [6, 6.07) is 8.34. The summed E-state index contributed by atoms with van der Waals surface area (Å²) in [5.41, 5.74) is 0.986. The molecule has 0 amide bonds. The summed E-state index contributed by atoms with van der Waals surface area (Å²) < 4.78 is 22.5. The van der Waals surface area contributed by atoms with E-state index in [1.807, 2.05) is 6.07 Å². The van der Waals surface area contributed by atoms with Crippen LogP contribution in [0.25, 0.3) is 0 Å². The van der Waals surface area contributed by atoms with E-state index in [-0.39, 0.29) is 11.0 Å². The second-order valence-corrected chi connectivity index (χ2v) is 7.91. The van der Waals surface area contributed by atoms with Crippen molar-refractivity contribution in [1.82, 2.24) is 9.97 Å². The maximum atomic E-state index is 11.3. The van der Waals surface area contributed by atoms with Crippen molar-refractivity contribution in [1.29, 1.82) is 0 Å². The third-order valence-corrected chi connectivity index (χ3v) is 5.24. The number of primary sulfonamides is 1. The Hall–Kier alpha value is -2.23. The van der Waals surface area contributed by atoms with Gasteiger partial charge in [-0.1, -0.05) is 12.1 Å². The standard InChI is InChI=1S/C17H23N5O3S/c18-26(24,25)15-5-3-13(4-6-15)7-9-19-17-20-10-8-16(21-17)22-11-1-2-14(23)12-22/h3-6,8,10,14,23H,1-2,7,9,11-12H2,(H2,18,24,25)(H,19,20,21). The van der Waals surface area contributed by atoms with Crippen molar-refractivity contribution in [2.45, 2.75) is 30.3 Å². The molecule has 3 rings (SSSR count). The van der Waals surface area contributed by atoms with Crippen LogP contribution in [0.4, 0.5) is 11.8 Å². The van der Waals surface area contributed by atoms with E-state index in [0.717, 1.165) is 30.8 Å². The summed E-state index contributed by atoms with van der Waals surface area (Å²) >= 11 is 0. The van der Waals surface area contributed by atoms with Crippen molar-refractivity contribution >= 4 is 21.8 Å². The van der Waals surface area contributed by atoms with E-state index in [1.165, 1.54) is 12.1 Å². The van der Waals surface area contributed by atoms with Gasteiger partial charge in [-0.15, -0.1) is 0 Å². The molecule has 1 aliphatic heterocycles. The van der Waals surface area contributed by atoms with E-state index < -0.39 is 10.0 Å². The topological polar surface area (TPSA) is 121 Å². The molecule has 0 aliphatic carbocycles. The first-order chi connectivity index (χ1) is 12.4. The van der Waals surface area contributed by atoms with Gasteiger partial charge >= 0.3 is 0 Å². The van der Waals surface area contributed by atoms with E-state index in [2.05, 4.69) is 20.2 Å². The SMILES string of the molecule is NS(=O)(=O)c1ccc(CCNc2nccc(N3CCCC(O)C3)n2)cc1. The molecule has 1 aromatic carbocycles. The van der Waals surface area contributed by atoms with Crippen LogP contribution in [0.3, 0.4) is 0 Å². The van der Waals surface area contributed by atoms with Crippen molar-refractivity contribution in [3.8, 4) is 0 Å². The zero-order valence-corrected chi connectivity index (χ0v) is 15.2. The van der Waals surface area contributed by atoms with Crippen molar-refractivity contribution in [2.75, 3.05) is 29.9 Å². The second kappa shape index (κ2) is 7.98. The van der Waals surface area contributed by atoms with Gasteiger partial charge in [-0.2, -0.15) is 4.98 Å². The third-order valence-electron chi connectivity index (χ3n) is 4.31. The minimum Gasteiger partial charge on any atom is -0.391 e. The number of nitrogens with two attached hydrogens (primary N) is 1. The first-order valence-electron chi connectivity index (χ1n) is 8.53. The number of anilines is 2. The molecule has 1 unspecified atom stereocenters. The van der Waals surface area contributed by atoms with E-state index >= 15 is 0 Å². The number of sulfonamides is 1. The van der Waals surface area contributed by atoms with Crippen LogP contribution in [0.2, 0.25) is 0 Å². The molecular formula is C17H23N5O3S. The van der Waals surface area contributed by atoms with E-state index in [9.17, 15) is 13.5 Å². The molecule has 0 saturated carbocycles. The Morgan fingerprint density at radius 2 is 2.04 bits per heavy atom. The van der Waals surface area contributed by atoms with Gasteiger partial charge < -0.3 is 15.3 Å². The Balaban J connectivity index is 1.56. The molecule has 0 radical (unpaired) electrons. The number of rotatable bonds is 6. The average molecular weight is 377 g/mol. The minimum atomic E-state index is -3.66. The van der Waals surface area contributed by atoms with E-state index in [1.54, 1.807) is 18.3 Å². The van der Waals surface area contributed by atoms with Crippen LogP contribution in [-0.4, -0.2) is 49.2 Å². The zero-order chi connectivity index (χ0) is 18.6. The molecular weight excluding hydrogens is 354 g/mol. The Kier molecular flexibility index (Phi) is 5.70. The van der Waals surface area contributed by atoms with Gasteiger partial charge in [0, 0.05) is 25.8 Å². The van der Waals surface area contributed by atoms with Gasteiger partial charge in [0.25, 0.3) is 0 Å². The number of piperidine rings is 1. The fraction of sp³-hybridized carbons (Fsp3) is 0.412. The molecule has 1 saturated heterocycles. The lowest BCUT2D eigenvalue weighted by Crippen LogP contribution is -2.38. The molecule has 2 aromatic rings. The number of aromatic nitrogens is 2. The van der Waals surface area contributed by atoms with Gasteiger partial charge in [-0.3, -0.25) is 0 Å². The minimum absolute atomic E-state index is 0.106. The van der Waals surface area contributed by atoms with Gasteiger partial charge in [0.05, 0.1) is 11.0 Å². The van der Waals surface area contributed by atoms with Gasteiger partial charge in [0.15, 0.2) is 0 Å². The summed E-state index contributed by atoms with van der Waals surface area (Å²) in [6.07, 6.45) is 3.86. The Bertz CT molecular complexity index is 842. The monoisotopic (exact) mass is 377 g/mol. The van der Waals surface area contributed by atoms with Crippen LogP contribution in [0.5, 0.6) is 0 Å². The van der Waals surface area contributed by atoms with Gasteiger partial charge in [0.1, 0.15) is 5.82 Å². The van der Waals surface area contributed by atoms with Gasteiger partial charge in [0.2, 0.25) is 16.0 Å². The van der Waals surface area contributed by atoms with Crippen LogP contribution in [-0.2, 0) is 16.4 Å². The van der Waals surface area contributed by atoms with Crippen LogP contribution < -0.4 is 15.4 Å². The molecule has 2 heterocycles. The van der Waals surface area contributed by atoms with Crippen molar-refractivity contribution in [2.24, 2.45) is 5.14 Å². The fourth-order valence-corrected chi connectivity index (χ4v) is 3.45. The zero-order valence-electron chi connectivity index (χ0n) is 14.4. The molecule has 140 valence electrons. The second-order valence-electron chi connectivity index (χ2n) is 6.35. The quantitative estimate of drug-likeness (QED) is 0.679. The molecule has 1 aliphatic rings. The highest BCUT2D eigenvalue weighted by Gasteiger charge is 2.19. The van der Waals surface area contributed by atoms with E-state index in [4.69, 9.17) is 5.14 Å².